The van der Waals surface area contributed by atoms with Crippen molar-refractivity contribution in [3.8, 4) is 0 Å². The molecule has 0 spiro atoms. The second kappa shape index (κ2) is 9.15. The molecule has 0 aromatic heterocycles. The zero-order chi connectivity index (χ0) is 16.5. The molecule has 0 aliphatic rings. The van der Waals surface area contributed by atoms with Crippen molar-refractivity contribution in [1.29, 1.82) is 0 Å². The molecule has 0 aliphatic heterocycles. The SMILES string of the molecule is CC(C)(C)OC(=O)NCCOCCSC(=O)OC(C)(C)C. The van der Waals surface area contributed by atoms with Gasteiger partial charge in [0.1, 0.15) is 11.2 Å². The van der Waals surface area contributed by atoms with E-state index in [-0.39, 0.29) is 5.30 Å². The molecule has 0 aromatic rings. The van der Waals surface area contributed by atoms with Crippen molar-refractivity contribution >= 4 is 23.2 Å². The Kier molecular flexibility index (Phi) is 8.73. The van der Waals surface area contributed by atoms with Crippen LogP contribution in [0.25, 0.3) is 0 Å². The molecule has 0 radical (unpaired) electrons. The van der Waals surface area contributed by atoms with E-state index in [2.05, 4.69) is 5.32 Å². The molecule has 0 saturated carbocycles. The largest absolute Gasteiger partial charge is 0.452 e. The Labute approximate surface area is 131 Å². The van der Waals surface area contributed by atoms with E-state index in [9.17, 15) is 9.59 Å². The zero-order valence-electron chi connectivity index (χ0n) is 13.8. The number of carbonyl (C=O) groups is 2. The van der Waals surface area contributed by atoms with E-state index in [1.165, 1.54) is 0 Å². The van der Waals surface area contributed by atoms with Crippen LogP contribution in [0.3, 0.4) is 0 Å². The topological polar surface area (TPSA) is 73.9 Å². The number of thioether (sulfide) groups is 1. The highest BCUT2D eigenvalue weighted by atomic mass is 32.2. The second-order valence-electron chi connectivity index (χ2n) is 6.35. The molecule has 0 rings (SSSR count). The lowest BCUT2D eigenvalue weighted by Crippen LogP contribution is -2.34. The second-order valence-corrected chi connectivity index (χ2v) is 7.38. The van der Waals surface area contributed by atoms with Crippen LogP contribution in [0.5, 0.6) is 0 Å². The Morgan fingerprint density at radius 2 is 1.52 bits per heavy atom. The number of nitrogens with one attached hydrogen (secondary N) is 1. The van der Waals surface area contributed by atoms with Crippen LogP contribution in [0.4, 0.5) is 9.59 Å². The van der Waals surface area contributed by atoms with Crippen molar-refractivity contribution in [1.82, 2.24) is 5.32 Å². The molecule has 6 nitrogen and oxygen atoms in total. The third-order valence-corrected chi connectivity index (χ3v) is 2.44. The summed E-state index contributed by atoms with van der Waals surface area (Å²) < 4.78 is 15.5. The van der Waals surface area contributed by atoms with E-state index >= 15 is 0 Å². The molecule has 0 aliphatic carbocycles. The molecule has 0 atom stereocenters. The van der Waals surface area contributed by atoms with E-state index in [0.717, 1.165) is 11.8 Å². The van der Waals surface area contributed by atoms with Crippen molar-refractivity contribution in [3.05, 3.63) is 0 Å². The minimum absolute atomic E-state index is 0.307. The van der Waals surface area contributed by atoms with E-state index in [1.807, 2.05) is 20.8 Å². The van der Waals surface area contributed by atoms with Crippen LogP contribution in [-0.2, 0) is 14.2 Å². The molecule has 0 fully saturated rings. The van der Waals surface area contributed by atoms with Crippen molar-refractivity contribution < 1.29 is 23.8 Å². The van der Waals surface area contributed by atoms with Gasteiger partial charge in [-0.05, 0) is 53.3 Å². The molecule has 124 valence electrons. The van der Waals surface area contributed by atoms with Gasteiger partial charge in [0, 0.05) is 12.3 Å². The van der Waals surface area contributed by atoms with Gasteiger partial charge in [-0.2, -0.15) is 0 Å². The van der Waals surface area contributed by atoms with Crippen LogP contribution in [0.15, 0.2) is 0 Å². The zero-order valence-corrected chi connectivity index (χ0v) is 14.6. The van der Waals surface area contributed by atoms with Crippen LogP contribution >= 0.6 is 11.8 Å². The van der Waals surface area contributed by atoms with E-state index < -0.39 is 17.3 Å². The summed E-state index contributed by atoms with van der Waals surface area (Å²) in [6, 6.07) is 0. The van der Waals surface area contributed by atoms with Gasteiger partial charge >= 0.3 is 11.4 Å². The van der Waals surface area contributed by atoms with Gasteiger partial charge in [-0.15, -0.1) is 0 Å². The average Bonchev–Trinajstić information content (AvgIpc) is 2.22. The Morgan fingerprint density at radius 1 is 0.952 bits per heavy atom. The predicted molar refractivity (Wildman–Crippen MR) is 83.7 cm³/mol. The number of amides is 1. The highest BCUT2D eigenvalue weighted by molar-refractivity contribution is 8.13. The van der Waals surface area contributed by atoms with Gasteiger partial charge in [-0.1, -0.05) is 0 Å². The Balaban J connectivity index is 3.49. The maximum Gasteiger partial charge on any atom is 0.407 e. The number of alkyl carbamates (subject to hydrolysis) is 1. The molecule has 1 N–H and O–H groups in total. The minimum atomic E-state index is -0.505. The first kappa shape index (κ1) is 20.1. The predicted octanol–water partition coefficient (Wildman–Crippen LogP) is 3.20. The van der Waals surface area contributed by atoms with Gasteiger partial charge in [0.05, 0.1) is 13.2 Å². The van der Waals surface area contributed by atoms with Crippen LogP contribution < -0.4 is 5.32 Å². The standard InChI is InChI=1S/C14H27NO5S/c1-13(2,3)19-11(16)15-7-8-18-9-10-21-12(17)20-14(4,5)6/h7-10H2,1-6H3,(H,15,16). The van der Waals surface area contributed by atoms with Crippen LogP contribution in [0.2, 0.25) is 0 Å². The van der Waals surface area contributed by atoms with Gasteiger partial charge in [0.25, 0.3) is 0 Å². The summed E-state index contributed by atoms with van der Waals surface area (Å²) in [6.45, 7) is 12.0. The van der Waals surface area contributed by atoms with Gasteiger partial charge < -0.3 is 19.5 Å². The van der Waals surface area contributed by atoms with E-state index in [0.29, 0.717) is 25.5 Å². The highest BCUT2D eigenvalue weighted by Gasteiger charge is 2.16. The van der Waals surface area contributed by atoms with Gasteiger partial charge in [-0.3, -0.25) is 0 Å². The molecule has 0 aromatic carbocycles. The van der Waals surface area contributed by atoms with Gasteiger partial charge in [0.15, 0.2) is 0 Å². The maximum atomic E-state index is 11.4. The fraction of sp³-hybridized carbons (Fsp3) is 0.857. The summed E-state index contributed by atoms with van der Waals surface area (Å²) in [7, 11) is 0. The smallest absolute Gasteiger partial charge is 0.407 e. The molecule has 21 heavy (non-hydrogen) atoms. The number of ether oxygens (including phenoxy) is 3. The molecule has 0 heterocycles. The Bertz CT molecular complexity index is 301. The lowest BCUT2D eigenvalue weighted by molar-refractivity contribution is 0.0503. The lowest BCUT2D eigenvalue weighted by atomic mass is 10.2. The first-order valence-electron chi connectivity index (χ1n) is 6.90. The summed E-state index contributed by atoms with van der Waals surface area (Å²) >= 11 is 1.08. The van der Waals surface area contributed by atoms with Crippen LogP contribution in [0.1, 0.15) is 41.5 Å². The van der Waals surface area contributed by atoms with Crippen LogP contribution in [-0.4, -0.2) is 48.1 Å². The van der Waals surface area contributed by atoms with Crippen molar-refractivity contribution in [2.75, 3.05) is 25.5 Å². The summed E-state index contributed by atoms with van der Waals surface area (Å²) in [5.41, 5.74) is -0.975. The summed E-state index contributed by atoms with van der Waals surface area (Å²) in [5, 5.41) is 2.28. The molecule has 1 amide bonds. The minimum Gasteiger partial charge on any atom is -0.452 e. The lowest BCUT2D eigenvalue weighted by Gasteiger charge is -2.19. The quantitative estimate of drug-likeness (QED) is 0.598. The highest BCUT2D eigenvalue weighted by Crippen LogP contribution is 2.14. The first-order chi connectivity index (χ1) is 9.49. The van der Waals surface area contributed by atoms with E-state index in [4.69, 9.17) is 14.2 Å². The first-order valence-corrected chi connectivity index (χ1v) is 7.88. The molecule has 7 heteroatoms. The summed E-state index contributed by atoms with van der Waals surface area (Å²) in [5.74, 6) is 0.515. The molecule has 0 saturated heterocycles. The fourth-order valence-corrected chi connectivity index (χ4v) is 1.78. The summed E-state index contributed by atoms with van der Waals surface area (Å²) in [6.07, 6.45) is -0.464. The monoisotopic (exact) mass is 321 g/mol. The number of hydrogen-bond acceptors (Lipinski definition) is 6. The maximum absolute atomic E-state index is 11.4. The van der Waals surface area contributed by atoms with Gasteiger partial charge in [-0.25, -0.2) is 9.59 Å². The normalized spacial score (nSPS) is 11.9. The third-order valence-electron chi connectivity index (χ3n) is 1.75. The molecule has 0 bridgehead atoms. The third kappa shape index (κ3) is 15.3. The average molecular weight is 321 g/mol. The molecular weight excluding hydrogens is 294 g/mol. The number of carbonyl (C=O) groups excluding carboxylic acids is 2. The van der Waals surface area contributed by atoms with E-state index in [1.54, 1.807) is 20.8 Å². The Morgan fingerprint density at radius 3 is 2.05 bits per heavy atom. The number of rotatable bonds is 6. The van der Waals surface area contributed by atoms with Crippen LogP contribution in [0, 0.1) is 0 Å². The Hall–Kier alpha value is -0.950. The fourth-order valence-electron chi connectivity index (χ4n) is 1.10. The summed E-state index contributed by atoms with van der Waals surface area (Å²) in [4.78, 5) is 22.7. The number of hydrogen-bond donors (Lipinski definition) is 1. The molecular formula is C14H27NO5S. The van der Waals surface area contributed by atoms with Gasteiger partial charge in [0.2, 0.25) is 0 Å². The van der Waals surface area contributed by atoms with Crippen molar-refractivity contribution in [2.45, 2.75) is 52.7 Å². The molecule has 0 unspecified atom stereocenters. The van der Waals surface area contributed by atoms with Crippen molar-refractivity contribution in [3.63, 3.8) is 0 Å². The van der Waals surface area contributed by atoms with Crippen molar-refractivity contribution in [2.24, 2.45) is 0 Å².